The van der Waals surface area contributed by atoms with E-state index in [1.807, 2.05) is 11.1 Å². The van der Waals surface area contributed by atoms with Gasteiger partial charge in [0.05, 0.1) is 25.0 Å². The number of furan rings is 1. The second-order valence-corrected chi connectivity index (χ2v) is 6.94. The first-order valence-corrected chi connectivity index (χ1v) is 8.87. The SMILES string of the molecule is CO[C@H]1C[C@@H](Cn2ccc(N)n2)N(C(=O)c2occ3c2CCCC3)C1. The molecule has 2 aromatic rings. The number of rotatable bonds is 4. The molecule has 0 unspecified atom stereocenters. The number of carbonyl (C=O) groups is 1. The van der Waals surface area contributed by atoms with Crippen molar-refractivity contribution >= 4 is 11.7 Å². The van der Waals surface area contributed by atoms with E-state index in [0.29, 0.717) is 24.7 Å². The lowest BCUT2D eigenvalue weighted by molar-refractivity contribution is 0.0647. The molecular formula is C18H24N4O3. The molecule has 1 amide bonds. The topological polar surface area (TPSA) is 86.5 Å². The lowest BCUT2D eigenvalue weighted by Crippen LogP contribution is -2.38. The van der Waals surface area contributed by atoms with Gasteiger partial charge in [0, 0.05) is 25.4 Å². The first-order chi connectivity index (χ1) is 12.2. The van der Waals surface area contributed by atoms with Crippen LogP contribution in [0.5, 0.6) is 0 Å². The summed E-state index contributed by atoms with van der Waals surface area (Å²) in [7, 11) is 1.69. The van der Waals surface area contributed by atoms with Crippen LogP contribution < -0.4 is 5.73 Å². The van der Waals surface area contributed by atoms with Crippen LogP contribution >= 0.6 is 0 Å². The predicted octanol–water partition coefficient (Wildman–Crippen LogP) is 1.87. The van der Waals surface area contributed by atoms with Gasteiger partial charge in [0.2, 0.25) is 0 Å². The Bertz CT molecular complexity index is 766. The molecular weight excluding hydrogens is 320 g/mol. The summed E-state index contributed by atoms with van der Waals surface area (Å²) in [4.78, 5) is 15.0. The largest absolute Gasteiger partial charge is 0.459 e. The number of nitrogens with two attached hydrogens (primary N) is 1. The van der Waals surface area contributed by atoms with Crippen molar-refractivity contribution < 1.29 is 13.9 Å². The highest BCUT2D eigenvalue weighted by molar-refractivity contribution is 5.93. The number of amides is 1. The van der Waals surface area contributed by atoms with Gasteiger partial charge in [0.15, 0.2) is 5.76 Å². The summed E-state index contributed by atoms with van der Waals surface area (Å²) in [5, 5.41) is 4.24. The van der Waals surface area contributed by atoms with Crippen molar-refractivity contribution in [3.63, 3.8) is 0 Å². The molecule has 4 rings (SSSR count). The number of aromatic nitrogens is 2. The average Bonchev–Trinajstić information content (AvgIpc) is 3.33. The lowest BCUT2D eigenvalue weighted by Gasteiger charge is -2.24. The van der Waals surface area contributed by atoms with Gasteiger partial charge in [-0.25, -0.2) is 0 Å². The van der Waals surface area contributed by atoms with E-state index in [4.69, 9.17) is 14.9 Å². The standard InChI is InChI=1S/C18H24N4O3/c1-24-14-8-13(9-21-7-6-16(19)20-21)22(10-14)18(23)17-15-5-3-2-4-12(15)11-25-17/h6-7,11,13-14H,2-5,8-10H2,1H3,(H2,19,20)/t13-,14-/m0/s1. The normalized spacial score (nSPS) is 23.0. The molecule has 3 heterocycles. The number of nitrogen functional groups attached to an aromatic ring is 1. The van der Waals surface area contributed by atoms with E-state index >= 15 is 0 Å². The molecule has 1 fully saturated rings. The van der Waals surface area contributed by atoms with E-state index in [9.17, 15) is 4.79 Å². The van der Waals surface area contributed by atoms with Crippen LogP contribution in [0.15, 0.2) is 22.9 Å². The number of anilines is 1. The summed E-state index contributed by atoms with van der Waals surface area (Å²) < 4.78 is 13.0. The van der Waals surface area contributed by atoms with Crippen LogP contribution in [0, 0.1) is 0 Å². The van der Waals surface area contributed by atoms with Gasteiger partial charge < -0.3 is 19.8 Å². The number of hydrogen-bond donors (Lipinski definition) is 1. The minimum Gasteiger partial charge on any atom is -0.459 e. The highest BCUT2D eigenvalue weighted by atomic mass is 16.5. The van der Waals surface area contributed by atoms with Gasteiger partial charge >= 0.3 is 0 Å². The highest BCUT2D eigenvalue weighted by Crippen LogP contribution is 2.30. The number of nitrogens with zero attached hydrogens (tertiary/aromatic N) is 3. The zero-order chi connectivity index (χ0) is 17.4. The monoisotopic (exact) mass is 344 g/mol. The van der Waals surface area contributed by atoms with Gasteiger partial charge in [-0.15, -0.1) is 0 Å². The number of likely N-dealkylation sites (tertiary alicyclic amines) is 1. The predicted molar refractivity (Wildman–Crippen MR) is 92.2 cm³/mol. The van der Waals surface area contributed by atoms with Crippen LogP contribution in [0.4, 0.5) is 5.82 Å². The van der Waals surface area contributed by atoms with E-state index in [2.05, 4.69) is 5.10 Å². The first-order valence-electron chi connectivity index (χ1n) is 8.87. The Kier molecular flexibility index (Phi) is 4.25. The summed E-state index contributed by atoms with van der Waals surface area (Å²) >= 11 is 0. The second-order valence-electron chi connectivity index (χ2n) is 6.94. The minimum atomic E-state index is -0.0344. The lowest BCUT2D eigenvalue weighted by atomic mass is 9.93. The third-order valence-electron chi connectivity index (χ3n) is 5.33. The maximum absolute atomic E-state index is 13.2. The maximum Gasteiger partial charge on any atom is 0.290 e. The van der Waals surface area contributed by atoms with Gasteiger partial charge in [-0.3, -0.25) is 9.48 Å². The Morgan fingerprint density at radius 2 is 2.28 bits per heavy atom. The number of methoxy groups -OCH3 is 1. The molecule has 1 aliphatic heterocycles. The summed E-state index contributed by atoms with van der Waals surface area (Å²) in [6, 6.07) is 1.78. The summed E-state index contributed by atoms with van der Waals surface area (Å²) in [6.07, 6.45) is 8.62. The number of ether oxygens (including phenoxy) is 1. The van der Waals surface area contributed by atoms with E-state index in [0.717, 1.165) is 31.2 Å². The minimum absolute atomic E-state index is 0.0149. The second kappa shape index (κ2) is 6.55. The van der Waals surface area contributed by atoms with Gasteiger partial charge in [-0.05, 0) is 43.7 Å². The van der Waals surface area contributed by atoms with Crippen molar-refractivity contribution in [3.8, 4) is 0 Å². The smallest absolute Gasteiger partial charge is 0.290 e. The zero-order valence-corrected chi connectivity index (χ0v) is 14.5. The molecule has 0 saturated carbocycles. The average molecular weight is 344 g/mol. The Labute approximate surface area is 146 Å². The van der Waals surface area contributed by atoms with Crippen molar-refractivity contribution in [2.75, 3.05) is 19.4 Å². The molecule has 1 aliphatic carbocycles. The maximum atomic E-state index is 13.2. The van der Waals surface area contributed by atoms with Crippen LogP contribution in [0.1, 0.15) is 40.9 Å². The Balaban J connectivity index is 1.57. The van der Waals surface area contributed by atoms with Crippen molar-refractivity contribution in [1.82, 2.24) is 14.7 Å². The molecule has 25 heavy (non-hydrogen) atoms. The van der Waals surface area contributed by atoms with Gasteiger partial charge in [0.1, 0.15) is 5.82 Å². The number of hydrogen-bond acceptors (Lipinski definition) is 5. The van der Waals surface area contributed by atoms with Gasteiger partial charge in [-0.2, -0.15) is 5.10 Å². The molecule has 7 heteroatoms. The van der Waals surface area contributed by atoms with E-state index in [-0.39, 0.29) is 18.1 Å². The van der Waals surface area contributed by atoms with E-state index < -0.39 is 0 Å². The number of aryl methyl sites for hydroxylation is 1. The van der Waals surface area contributed by atoms with Crippen LogP contribution in [-0.4, -0.2) is 46.4 Å². The summed E-state index contributed by atoms with van der Waals surface area (Å²) in [6.45, 7) is 1.18. The van der Waals surface area contributed by atoms with Crippen molar-refractivity contribution in [2.45, 2.75) is 50.8 Å². The Hall–Kier alpha value is -2.28. The fraction of sp³-hybridized carbons (Fsp3) is 0.556. The first kappa shape index (κ1) is 16.2. The van der Waals surface area contributed by atoms with E-state index in [1.54, 1.807) is 24.1 Å². The quantitative estimate of drug-likeness (QED) is 0.915. The van der Waals surface area contributed by atoms with E-state index in [1.165, 1.54) is 12.0 Å². The molecule has 134 valence electrons. The zero-order valence-electron chi connectivity index (χ0n) is 14.5. The van der Waals surface area contributed by atoms with Crippen molar-refractivity contribution in [2.24, 2.45) is 0 Å². The molecule has 2 atom stereocenters. The van der Waals surface area contributed by atoms with Crippen LogP contribution in [0.3, 0.4) is 0 Å². The van der Waals surface area contributed by atoms with Crippen molar-refractivity contribution in [3.05, 3.63) is 35.4 Å². The fourth-order valence-corrected chi connectivity index (χ4v) is 3.99. The third kappa shape index (κ3) is 3.04. The molecule has 0 radical (unpaired) electrons. The Morgan fingerprint density at radius 3 is 3.04 bits per heavy atom. The molecule has 0 bridgehead atoms. The molecule has 2 aliphatic rings. The molecule has 1 saturated heterocycles. The Morgan fingerprint density at radius 1 is 1.44 bits per heavy atom. The molecule has 7 nitrogen and oxygen atoms in total. The van der Waals surface area contributed by atoms with Gasteiger partial charge in [-0.1, -0.05) is 0 Å². The number of fused-ring (bicyclic) bond motifs is 1. The molecule has 0 spiro atoms. The highest BCUT2D eigenvalue weighted by Gasteiger charge is 2.38. The summed E-state index contributed by atoms with van der Waals surface area (Å²) in [5.41, 5.74) is 7.99. The molecule has 2 aromatic heterocycles. The van der Waals surface area contributed by atoms with Crippen LogP contribution in [0.2, 0.25) is 0 Å². The number of carbonyl (C=O) groups excluding carboxylic acids is 1. The van der Waals surface area contributed by atoms with Crippen molar-refractivity contribution in [1.29, 1.82) is 0 Å². The van der Waals surface area contributed by atoms with Crippen LogP contribution in [0.25, 0.3) is 0 Å². The molecule has 2 N–H and O–H groups in total. The van der Waals surface area contributed by atoms with Crippen LogP contribution in [-0.2, 0) is 24.1 Å². The molecule has 0 aromatic carbocycles. The third-order valence-corrected chi connectivity index (χ3v) is 5.33. The summed E-state index contributed by atoms with van der Waals surface area (Å²) in [5.74, 6) is 0.962. The fourth-order valence-electron chi connectivity index (χ4n) is 3.99. The van der Waals surface area contributed by atoms with Gasteiger partial charge in [0.25, 0.3) is 5.91 Å².